The molecule has 23 heavy (non-hydrogen) atoms. The van der Waals surface area contributed by atoms with Gasteiger partial charge in [-0.05, 0) is 37.2 Å². The molecule has 0 bridgehead atoms. The van der Waals surface area contributed by atoms with Crippen LogP contribution in [0.2, 0.25) is 0 Å². The highest BCUT2D eigenvalue weighted by molar-refractivity contribution is 5.85. The molecule has 1 fully saturated rings. The number of nitrogens with two attached hydrogens (primary N) is 2. The smallest absolute Gasteiger partial charge is 0.239 e. The van der Waals surface area contributed by atoms with Crippen LogP contribution in [0.15, 0.2) is 30.3 Å². The van der Waals surface area contributed by atoms with E-state index >= 15 is 0 Å². The molecule has 1 unspecified atom stereocenters. The molecule has 1 aliphatic heterocycles. The second-order valence-corrected chi connectivity index (χ2v) is 6.09. The third-order valence-electron chi connectivity index (χ3n) is 4.25. The summed E-state index contributed by atoms with van der Waals surface area (Å²) in [5.74, 6) is 0.0889. The van der Waals surface area contributed by atoms with Crippen LogP contribution in [0.5, 0.6) is 0 Å². The van der Waals surface area contributed by atoms with Crippen LogP contribution < -0.4 is 11.5 Å². The number of rotatable bonds is 6. The lowest BCUT2D eigenvalue weighted by atomic mass is 9.92. The van der Waals surface area contributed by atoms with Gasteiger partial charge in [0.1, 0.15) is 0 Å². The maximum atomic E-state index is 12.5. The molecule has 2 rings (SSSR count). The zero-order valence-electron chi connectivity index (χ0n) is 13.3. The van der Waals surface area contributed by atoms with Gasteiger partial charge in [-0.15, -0.1) is 12.4 Å². The van der Waals surface area contributed by atoms with Gasteiger partial charge in [0.2, 0.25) is 11.8 Å². The fraction of sp³-hybridized carbons (Fsp3) is 0.529. The molecule has 5 nitrogen and oxygen atoms in total. The van der Waals surface area contributed by atoms with Crippen molar-refractivity contribution in [3.8, 4) is 0 Å². The van der Waals surface area contributed by atoms with Crippen molar-refractivity contribution in [1.82, 2.24) is 4.90 Å². The number of likely N-dealkylation sites (tertiary alicyclic amines) is 1. The molecule has 0 saturated carbocycles. The number of carbonyl (C=O) groups is 2. The van der Waals surface area contributed by atoms with E-state index in [1.165, 1.54) is 0 Å². The number of hydrogen-bond donors (Lipinski definition) is 2. The summed E-state index contributed by atoms with van der Waals surface area (Å²) in [7, 11) is 0. The first-order chi connectivity index (χ1) is 10.6. The number of carbonyl (C=O) groups excluding carboxylic acids is 2. The molecule has 1 saturated heterocycles. The topological polar surface area (TPSA) is 89.4 Å². The molecule has 0 radical (unpaired) electrons. The summed E-state index contributed by atoms with van der Waals surface area (Å²) in [6.07, 6.45) is 3.72. The van der Waals surface area contributed by atoms with Gasteiger partial charge in [-0.2, -0.15) is 0 Å². The maximum absolute atomic E-state index is 12.5. The minimum absolute atomic E-state index is 0. The van der Waals surface area contributed by atoms with Gasteiger partial charge < -0.3 is 16.4 Å². The molecule has 0 aromatic heterocycles. The molecule has 4 N–H and O–H groups in total. The van der Waals surface area contributed by atoms with E-state index in [4.69, 9.17) is 11.5 Å². The first-order valence-electron chi connectivity index (χ1n) is 7.93. The zero-order chi connectivity index (χ0) is 15.9. The van der Waals surface area contributed by atoms with Crippen LogP contribution in [0.3, 0.4) is 0 Å². The molecular formula is C17H26ClN3O2. The van der Waals surface area contributed by atoms with Crippen LogP contribution in [-0.4, -0.2) is 35.8 Å². The maximum Gasteiger partial charge on any atom is 0.239 e. The van der Waals surface area contributed by atoms with E-state index in [0.29, 0.717) is 25.3 Å². The normalized spacial score (nSPS) is 18.8. The number of piperidine rings is 1. The Labute approximate surface area is 143 Å². The highest BCUT2D eigenvalue weighted by Crippen LogP contribution is 2.21. The van der Waals surface area contributed by atoms with Gasteiger partial charge in [0.15, 0.2) is 0 Å². The molecule has 0 spiro atoms. The molecular weight excluding hydrogens is 314 g/mol. The van der Waals surface area contributed by atoms with E-state index in [-0.39, 0.29) is 24.2 Å². The van der Waals surface area contributed by atoms with Gasteiger partial charge >= 0.3 is 0 Å². The monoisotopic (exact) mass is 339 g/mol. The Morgan fingerprint density at radius 3 is 2.61 bits per heavy atom. The summed E-state index contributed by atoms with van der Waals surface area (Å²) in [5, 5.41) is 0. The molecule has 1 aromatic carbocycles. The lowest BCUT2D eigenvalue weighted by molar-refractivity contribution is -0.134. The molecule has 0 aliphatic carbocycles. The predicted molar refractivity (Wildman–Crippen MR) is 93.1 cm³/mol. The molecule has 2 atom stereocenters. The van der Waals surface area contributed by atoms with Crippen LogP contribution in [0.4, 0.5) is 0 Å². The molecule has 1 aromatic rings. The fourth-order valence-electron chi connectivity index (χ4n) is 3.04. The lowest BCUT2D eigenvalue weighted by Gasteiger charge is -2.34. The van der Waals surface area contributed by atoms with Crippen molar-refractivity contribution in [1.29, 1.82) is 0 Å². The third-order valence-corrected chi connectivity index (χ3v) is 4.25. The number of hydrogen-bond acceptors (Lipinski definition) is 3. The Morgan fingerprint density at radius 2 is 1.96 bits per heavy atom. The predicted octanol–water partition coefficient (Wildman–Crippen LogP) is 1.48. The summed E-state index contributed by atoms with van der Waals surface area (Å²) in [5.41, 5.74) is 12.4. The number of halogens is 1. The van der Waals surface area contributed by atoms with Crippen LogP contribution in [0, 0.1) is 5.92 Å². The molecule has 1 heterocycles. The van der Waals surface area contributed by atoms with E-state index in [1.807, 2.05) is 35.2 Å². The Hall–Kier alpha value is -1.59. The number of primary amides is 1. The van der Waals surface area contributed by atoms with E-state index in [2.05, 4.69) is 0 Å². The van der Waals surface area contributed by atoms with E-state index < -0.39 is 6.04 Å². The lowest BCUT2D eigenvalue weighted by Crippen LogP contribution is -2.48. The Balaban J connectivity index is 0.00000264. The van der Waals surface area contributed by atoms with Crippen molar-refractivity contribution in [2.45, 2.75) is 38.1 Å². The summed E-state index contributed by atoms with van der Waals surface area (Å²) >= 11 is 0. The first-order valence-corrected chi connectivity index (χ1v) is 7.93. The Bertz CT molecular complexity index is 510. The Morgan fingerprint density at radius 1 is 1.26 bits per heavy atom. The molecule has 128 valence electrons. The van der Waals surface area contributed by atoms with Crippen LogP contribution in [0.25, 0.3) is 0 Å². The third kappa shape index (κ3) is 6.20. The standard InChI is InChI=1S/C17H25N3O2.ClH/c18-15(11-13-5-2-1-3-6-13)17(22)20-10-4-7-14(12-20)8-9-16(19)21;/h1-3,5-6,14-15H,4,7-12,18H2,(H2,19,21);1H/t14?,15-;/m0./s1. The largest absolute Gasteiger partial charge is 0.370 e. The second kappa shape index (κ2) is 9.53. The van der Waals surface area contributed by atoms with Gasteiger partial charge in [0, 0.05) is 19.5 Å². The number of benzene rings is 1. The van der Waals surface area contributed by atoms with Crippen molar-refractivity contribution in [3.63, 3.8) is 0 Å². The van der Waals surface area contributed by atoms with Crippen LogP contribution in [0.1, 0.15) is 31.2 Å². The first kappa shape index (κ1) is 19.5. The van der Waals surface area contributed by atoms with Crippen molar-refractivity contribution in [3.05, 3.63) is 35.9 Å². The van der Waals surface area contributed by atoms with Crippen molar-refractivity contribution in [2.75, 3.05) is 13.1 Å². The summed E-state index contributed by atoms with van der Waals surface area (Å²) in [6.45, 7) is 1.45. The average molecular weight is 340 g/mol. The van der Waals surface area contributed by atoms with Gasteiger partial charge in [-0.25, -0.2) is 0 Å². The average Bonchev–Trinajstić information content (AvgIpc) is 2.53. The highest BCUT2D eigenvalue weighted by Gasteiger charge is 2.27. The minimum atomic E-state index is -0.503. The minimum Gasteiger partial charge on any atom is -0.370 e. The SMILES string of the molecule is Cl.NC(=O)CCC1CCCN(C(=O)[C@@H](N)Cc2ccccc2)C1. The molecule has 2 amide bonds. The van der Waals surface area contributed by atoms with Gasteiger partial charge in [-0.1, -0.05) is 30.3 Å². The van der Waals surface area contributed by atoms with Gasteiger partial charge in [0.05, 0.1) is 6.04 Å². The molecule has 1 aliphatic rings. The van der Waals surface area contributed by atoms with Crippen molar-refractivity contribution < 1.29 is 9.59 Å². The van der Waals surface area contributed by atoms with Crippen LogP contribution in [-0.2, 0) is 16.0 Å². The summed E-state index contributed by atoms with van der Waals surface area (Å²) in [6, 6.07) is 9.32. The second-order valence-electron chi connectivity index (χ2n) is 6.09. The Kier molecular flexibility index (Phi) is 8.06. The van der Waals surface area contributed by atoms with Crippen LogP contribution >= 0.6 is 12.4 Å². The summed E-state index contributed by atoms with van der Waals surface area (Å²) in [4.78, 5) is 25.2. The van der Waals surface area contributed by atoms with Gasteiger partial charge in [0.25, 0.3) is 0 Å². The highest BCUT2D eigenvalue weighted by atomic mass is 35.5. The number of amides is 2. The molecule has 6 heteroatoms. The van der Waals surface area contributed by atoms with Crippen molar-refractivity contribution >= 4 is 24.2 Å². The van der Waals surface area contributed by atoms with E-state index in [0.717, 1.165) is 31.4 Å². The van der Waals surface area contributed by atoms with E-state index in [1.54, 1.807) is 0 Å². The number of nitrogens with zero attached hydrogens (tertiary/aromatic N) is 1. The van der Waals surface area contributed by atoms with Crippen molar-refractivity contribution in [2.24, 2.45) is 17.4 Å². The quantitative estimate of drug-likeness (QED) is 0.822. The zero-order valence-corrected chi connectivity index (χ0v) is 14.1. The van der Waals surface area contributed by atoms with E-state index in [9.17, 15) is 9.59 Å². The fourth-order valence-corrected chi connectivity index (χ4v) is 3.04. The summed E-state index contributed by atoms with van der Waals surface area (Å²) < 4.78 is 0. The van der Waals surface area contributed by atoms with Gasteiger partial charge in [-0.3, -0.25) is 9.59 Å².